The van der Waals surface area contributed by atoms with E-state index in [9.17, 15) is 38.7 Å². The summed E-state index contributed by atoms with van der Waals surface area (Å²) in [6, 6.07) is -5.28. The van der Waals surface area contributed by atoms with Crippen molar-refractivity contribution in [3.05, 3.63) is 0 Å². The molecule has 15 heteroatoms. The predicted octanol–water partition coefficient (Wildman–Crippen LogP) is -2.71. The van der Waals surface area contributed by atoms with E-state index in [1.807, 2.05) is 0 Å². The van der Waals surface area contributed by atoms with Gasteiger partial charge in [-0.2, -0.15) is 0 Å². The number of hydrogen-bond acceptors (Lipinski definition) is 8. The average Bonchev–Trinajstić information content (AvgIpc) is 2.79. The van der Waals surface area contributed by atoms with Gasteiger partial charge in [0.2, 0.25) is 29.5 Å². The number of carboxylic acid groups (broad SMARTS) is 2. The van der Waals surface area contributed by atoms with Gasteiger partial charge in [0.05, 0.1) is 6.04 Å². The molecule has 5 unspecified atom stereocenters. The van der Waals surface area contributed by atoms with Gasteiger partial charge >= 0.3 is 11.9 Å². The average molecular weight is 517 g/mol. The molecule has 36 heavy (non-hydrogen) atoms. The molecular weight excluding hydrogens is 480 g/mol. The summed E-state index contributed by atoms with van der Waals surface area (Å²) in [7, 11) is 0. The first kappa shape index (κ1) is 32.2. The number of carboxylic acids is 2. The maximum absolute atomic E-state index is 13.0. The quantitative estimate of drug-likeness (QED) is 0.0932. The Morgan fingerprint density at radius 1 is 0.722 bits per heavy atom. The van der Waals surface area contributed by atoms with Gasteiger partial charge in [0.1, 0.15) is 18.1 Å². The molecule has 0 saturated carbocycles. The van der Waals surface area contributed by atoms with E-state index in [-0.39, 0.29) is 32.1 Å². The molecule has 204 valence electrons. The van der Waals surface area contributed by atoms with E-state index in [0.29, 0.717) is 6.42 Å². The second-order valence-corrected chi connectivity index (χ2v) is 8.38. The highest BCUT2D eigenvalue weighted by Gasteiger charge is 2.33. The van der Waals surface area contributed by atoms with Gasteiger partial charge in [0.15, 0.2) is 0 Å². The number of amides is 5. The summed E-state index contributed by atoms with van der Waals surface area (Å²) in [5.74, 6) is -7.15. The third-order valence-corrected chi connectivity index (χ3v) is 5.41. The third kappa shape index (κ3) is 12.6. The summed E-state index contributed by atoms with van der Waals surface area (Å²) in [5, 5.41) is 25.4. The molecule has 0 spiro atoms. The van der Waals surface area contributed by atoms with Crippen LogP contribution in [-0.4, -0.2) is 75.9 Å². The van der Waals surface area contributed by atoms with Gasteiger partial charge in [-0.1, -0.05) is 20.3 Å². The van der Waals surface area contributed by atoms with Crippen LogP contribution in [0.1, 0.15) is 58.8 Å². The van der Waals surface area contributed by atoms with Gasteiger partial charge in [-0.3, -0.25) is 28.8 Å². The maximum atomic E-state index is 13.0. The van der Waals surface area contributed by atoms with Gasteiger partial charge < -0.3 is 43.4 Å². The Hall–Kier alpha value is -3.75. The van der Waals surface area contributed by atoms with Crippen molar-refractivity contribution in [2.24, 2.45) is 23.1 Å². The van der Waals surface area contributed by atoms with E-state index in [4.69, 9.17) is 22.3 Å². The predicted molar refractivity (Wildman–Crippen MR) is 125 cm³/mol. The van der Waals surface area contributed by atoms with Gasteiger partial charge in [0, 0.05) is 19.3 Å². The van der Waals surface area contributed by atoms with Crippen LogP contribution in [0.5, 0.6) is 0 Å². The molecule has 11 N–H and O–H groups in total. The molecule has 0 aromatic heterocycles. The molecule has 0 saturated heterocycles. The molecule has 0 rings (SSSR count). The summed E-state index contributed by atoms with van der Waals surface area (Å²) in [5.41, 5.74) is 15.8. The number of rotatable bonds is 18. The molecule has 0 heterocycles. The smallest absolute Gasteiger partial charge is 0.326 e. The van der Waals surface area contributed by atoms with Crippen LogP contribution >= 0.6 is 0 Å². The first-order valence-corrected chi connectivity index (χ1v) is 11.4. The number of primary amides is 2. The fourth-order valence-electron chi connectivity index (χ4n) is 3.01. The molecule has 15 nitrogen and oxygen atoms in total. The zero-order valence-electron chi connectivity index (χ0n) is 20.3. The van der Waals surface area contributed by atoms with E-state index in [1.165, 1.54) is 0 Å². The maximum Gasteiger partial charge on any atom is 0.326 e. The summed E-state index contributed by atoms with van der Waals surface area (Å²) in [4.78, 5) is 82.6. The largest absolute Gasteiger partial charge is 0.481 e. The number of hydrogen-bond donors (Lipinski definition) is 8. The standard InChI is InChI=1S/C21H36N6O9/c1-3-10(2)17(20(34)26-13(21(35)36)5-8-15(24)29)27-19(33)12(6-9-16(30)31)25-18(32)11(22)4-7-14(23)28/h10-13,17H,3-9,22H2,1-2H3,(H2,23,28)(H2,24,29)(H,25,32)(H,26,34)(H,27,33)(H,30,31)(H,35,36). The lowest BCUT2D eigenvalue weighted by atomic mass is 9.96. The van der Waals surface area contributed by atoms with Crippen LogP contribution < -0.4 is 33.2 Å². The Kier molecular flexibility index (Phi) is 14.4. The molecule has 5 amide bonds. The Balaban J connectivity index is 5.61. The summed E-state index contributed by atoms with van der Waals surface area (Å²) < 4.78 is 0. The van der Waals surface area contributed by atoms with E-state index in [1.54, 1.807) is 13.8 Å². The monoisotopic (exact) mass is 516 g/mol. The van der Waals surface area contributed by atoms with Crippen molar-refractivity contribution >= 4 is 41.5 Å². The Bertz CT molecular complexity index is 835. The fraction of sp³-hybridized carbons (Fsp3) is 0.667. The molecule has 0 aromatic rings. The molecule has 5 atom stereocenters. The second-order valence-electron chi connectivity index (χ2n) is 8.38. The van der Waals surface area contributed by atoms with Crippen LogP contribution in [0.2, 0.25) is 0 Å². The highest BCUT2D eigenvalue weighted by Crippen LogP contribution is 2.11. The van der Waals surface area contributed by atoms with Crippen molar-refractivity contribution in [1.82, 2.24) is 16.0 Å². The molecule has 0 aliphatic rings. The topological polar surface area (TPSA) is 274 Å². The molecule has 0 bridgehead atoms. The minimum absolute atomic E-state index is 0.103. The summed E-state index contributed by atoms with van der Waals surface area (Å²) in [6.45, 7) is 3.34. The van der Waals surface area contributed by atoms with Crippen molar-refractivity contribution < 1.29 is 43.8 Å². The molecule has 0 aromatic carbocycles. The molecular formula is C21H36N6O9. The van der Waals surface area contributed by atoms with Gasteiger partial charge in [-0.25, -0.2) is 4.79 Å². The zero-order valence-corrected chi connectivity index (χ0v) is 20.3. The van der Waals surface area contributed by atoms with E-state index < -0.39 is 78.0 Å². The lowest BCUT2D eigenvalue weighted by molar-refractivity contribution is -0.143. The van der Waals surface area contributed by atoms with Crippen LogP contribution in [0.4, 0.5) is 0 Å². The van der Waals surface area contributed by atoms with E-state index >= 15 is 0 Å². The van der Waals surface area contributed by atoms with Crippen molar-refractivity contribution in [2.75, 3.05) is 0 Å². The Morgan fingerprint density at radius 3 is 1.69 bits per heavy atom. The van der Waals surface area contributed by atoms with Crippen LogP contribution in [-0.2, 0) is 33.6 Å². The van der Waals surface area contributed by atoms with Crippen LogP contribution in [0.25, 0.3) is 0 Å². The summed E-state index contributed by atoms with van der Waals surface area (Å²) >= 11 is 0. The van der Waals surface area contributed by atoms with Crippen LogP contribution in [0, 0.1) is 5.92 Å². The molecule has 0 aliphatic carbocycles. The first-order valence-electron chi connectivity index (χ1n) is 11.4. The molecule has 0 radical (unpaired) electrons. The Labute approximate surface area is 207 Å². The second kappa shape index (κ2) is 16.0. The van der Waals surface area contributed by atoms with E-state index in [2.05, 4.69) is 16.0 Å². The minimum Gasteiger partial charge on any atom is -0.481 e. The minimum atomic E-state index is -1.45. The van der Waals surface area contributed by atoms with Gasteiger partial charge in [0.25, 0.3) is 0 Å². The number of carbonyl (C=O) groups excluding carboxylic acids is 5. The van der Waals surface area contributed by atoms with Crippen molar-refractivity contribution in [2.45, 2.75) is 83.0 Å². The van der Waals surface area contributed by atoms with Crippen molar-refractivity contribution in [3.8, 4) is 0 Å². The summed E-state index contributed by atoms with van der Waals surface area (Å²) in [6.07, 6.45) is -1.29. The van der Waals surface area contributed by atoms with Crippen molar-refractivity contribution in [3.63, 3.8) is 0 Å². The van der Waals surface area contributed by atoms with Crippen LogP contribution in [0.15, 0.2) is 0 Å². The first-order chi connectivity index (χ1) is 16.7. The number of aliphatic carboxylic acids is 2. The Morgan fingerprint density at radius 2 is 1.22 bits per heavy atom. The number of carbonyl (C=O) groups is 7. The van der Waals surface area contributed by atoms with Gasteiger partial charge in [-0.05, 0) is 25.2 Å². The third-order valence-electron chi connectivity index (χ3n) is 5.41. The lowest BCUT2D eigenvalue weighted by Gasteiger charge is -2.28. The molecule has 0 aliphatic heterocycles. The highest BCUT2D eigenvalue weighted by atomic mass is 16.4. The van der Waals surface area contributed by atoms with E-state index in [0.717, 1.165) is 0 Å². The number of nitrogens with two attached hydrogens (primary N) is 3. The highest BCUT2D eigenvalue weighted by molar-refractivity contribution is 5.94. The van der Waals surface area contributed by atoms with Crippen molar-refractivity contribution in [1.29, 1.82) is 0 Å². The zero-order chi connectivity index (χ0) is 28.0. The lowest BCUT2D eigenvalue weighted by Crippen LogP contribution is -2.58. The SMILES string of the molecule is CCC(C)C(NC(=O)C(CCC(=O)O)NC(=O)C(N)CCC(N)=O)C(=O)NC(CCC(N)=O)C(=O)O. The number of nitrogens with one attached hydrogen (secondary N) is 3. The fourth-order valence-corrected chi connectivity index (χ4v) is 3.01. The normalized spacial score (nSPS) is 14.9. The van der Waals surface area contributed by atoms with Crippen LogP contribution in [0.3, 0.4) is 0 Å². The molecule has 0 fully saturated rings. The van der Waals surface area contributed by atoms with Gasteiger partial charge in [-0.15, -0.1) is 0 Å².